The van der Waals surface area contributed by atoms with Crippen LogP contribution in [0, 0.1) is 6.92 Å². The van der Waals surface area contributed by atoms with E-state index >= 15 is 0 Å². The molecule has 5 rings (SSSR count). The Morgan fingerprint density at radius 1 is 0.942 bits per heavy atom. The minimum atomic E-state index is -0.324. The number of hydrogen-bond donors (Lipinski definition) is 2. The number of piperidine rings is 1. The Labute approximate surface area is 304 Å². The van der Waals surface area contributed by atoms with Crippen molar-refractivity contribution in [2.24, 2.45) is 19.1 Å². The number of likely N-dealkylation sites (tertiary alicyclic amines) is 1. The molecule has 1 aliphatic heterocycles. The summed E-state index contributed by atoms with van der Waals surface area (Å²) in [5, 5.41) is 5.85. The van der Waals surface area contributed by atoms with Gasteiger partial charge >= 0.3 is 5.97 Å². The number of anilines is 2. The lowest BCUT2D eigenvalue weighted by atomic mass is 10.0. The molecule has 3 heterocycles. The van der Waals surface area contributed by atoms with E-state index in [1.807, 2.05) is 75.9 Å². The summed E-state index contributed by atoms with van der Waals surface area (Å²) in [5.41, 5.74) is 6.44. The number of hydrogen-bond acceptors (Lipinski definition) is 9. The molecular weight excluding hydrogens is 664 g/mol. The molecule has 1 fully saturated rings. The number of aryl methyl sites for hydroxylation is 3. The lowest BCUT2D eigenvalue weighted by molar-refractivity contribution is -0.120. The highest BCUT2D eigenvalue weighted by Crippen LogP contribution is 2.35. The van der Waals surface area contributed by atoms with Crippen LogP contribution in [0.3, 0.4) is 0 Å². The van der Waals surface area contributed by atoms with E-state index in [1.54, 1.807) is 40.5 Å². The zero-order valence-corrected chi connectivity index (χ0v) is 30.7. The molecule has 2 N–H and O–H groups in total. The van der Waals surface area contributed by atoms with E-state index < -0.39 is 0 Å². The van der Waals surface area contributed by atoms with Gasteiger partial charge in [-0.1, -0.05) is 12.1 Å². The normalized spacial score (nSPS) is 13.9. The van der Waals surface area contributed by atoms with Gasteiger partial charge in [-0.05, 0) is 74.1 Å². The molecule has 2 aromatic carbocycles. The summed E-state index contributed by atoms with van der Waals surface area (Å²) in [6.45, 7) is 3.03. The summed E-state index contributed by atoms with van der Waals surface area (Å²) in [5.74, 6) is 0.671. The van der Waals surface area contributed by atoms with E-state index in [1.165, 1.54) is 7.11 Å². The molecule has 276 valence electrons. The second-order valence-corrected chi connectivity index (χ2v) is 12.4. The summed E-state index contributed by atoms with van der Waals surface area (Å²) >= 11 is 0. The van der Waals surface area contributed by atoms with Crippen molar-refractivity contribution in [3.63, 3.8) is 0 Å². The van der Waals surface area contributed by atoms with E-state index in [2.05, 4.69) is 15.6 Å². The maximum Gasteiger partial charge on any atom is 0.354 e. The number of nitrogens with one attached hydrogen (secondary N) is 2. The number of methoxy groups -OCH3 is 2. The molecule has 1 atom stereocenters. The van der Waals surface area contributed by atoms with Gasteiger partial charge in [0, 0.05) is 70.0 Å². The number of carbonyl (C=O) groups excluding carboxylic acids is 4. The Morgan fingerprint density at radius 3 is 2.37 bits per heavy atom. The number of ether oxygens (including phenoxy) is 3. The summed E-state index contributed by atoms with van der Waals surface area (Å²) in [6.07, 6.45) is 10.8. The van der Waals surface area contributed by atoms with Gasteiger partial charge in [0.25, 0.3) is 0 Å². The highest BCUT2D eigenvalue weighted by Gasteiger charge is 2.19. The lowest BCUT2D eigenvalue weighted by Crippen LogP contribution is -2.39. The number of aliphatic imine (C=N–C) groups is 1. The summed E-state index contributed by atoms with van der Waals surface area (Å²) in [6, 6.07) is 15.2. The molecule has 2 aromatic heterocycles. The van der Waals surface area contributed by atoms with Crippen LogP contribution in [0.1, 0.15) is 58.6 Å². The Morgan fingerprint density at radius 2 is 1.71 bits per heavy atom. The second kappa shape index (κ2) is 18.9. The van der Waals surface area contributed by atoms with Crippen molar-refractivity contribution in [3.8, 4) is 22.6 Å². The minimum absolute atomic E-state index is 0.00265. The van der Waals surface area contributed by atoms with Crippen LogP contribution < -0.4 is 20.1 Å². The van der Waals surface area contributed by atoms with Crippen LogP contribution in [0.2, 0.25) is 0 Å². The van der Waals surface area contributed by atoms with Crippen molar-refractivity contribution in [1.82, 2.24) is 14.0 Å². The molecule has 52 heavy (non-hydrogen) atoms. The molecule has 0 radical (unpaired) electrons. The van der Waals surface area contributed by atoms with Crippen LogP contribution in [0.15, 0.2) is 65.9 Å². The first kappa shape index (κ1) is 38.9. The standard InChI is InChI=1S/C25H32N4O5.C14H16N2O2/c1-18-11-23(33-3)24(13-22(18)26-14-20-7-4-5-9-29(20)17-31)34-10-6-8-25(32)27-19-12-21(16-30)28(2)15-19;1-15-12-6-4-10(5-7-12)11-8-13(14(17)18-3)16(2)9-11/h11-17,20H,4-10H2,1-3H3,(H,27,32);4-9,15H,1-3H3. The third kappa shape index (κ3) is 10.3. The van der Waals surface area contributed by atoms with Gasteiger partial charge in [0.2, 0.25) is 12.3 Å². The molecule has 0 saturated carbocycles. The monoisotopic (exact) mass is 712 g/mol. The van der Waals surface area contributed by atoms with E-state index in [0.717, 1.165) is 66.6 Å². The number of nitrogens with zero attached hydrogens (tertiary/aromatic N) is 4. The number of aldehydes is 1. The average Bonchev–Trinajstić information content (AvgIpc) is 3.73. The highest BCUT2D eigenvalue weighted by molar-refractivity contribution is 5.92. The molecule has 4 aromatic rings. The first-order valence-electron chi connectivity index (χ1n) is 17.1. The number of benzene rings is 2. The van der Waals surface area contributed by atoms with Gasteiger partial charge in [-0.2, -0.15) is 0 Å². The van der Waals surface area contributed by atoms with E-state index in [9.17, 15) is 19.2 Å². The highest BCUT2D eigenvalue weighted by atomic mass is 16.5. The Balaban J connectivity index is 0.000000281. The third-order valence-corrected chi connectivity index (χ3v) is 8.76. The first-order chi connectivity index (χ1) is 25.1. The largest absolute Gasteiger partial charge is 0.493 e. The van der Waals surface area contributed by atoms with Crippen LogP contribution in [-0.4, -0.2) is 85.3 Å². The molecule has 2 amide bonds. The van der Waals surface area contributed by atoms with E-state index in [4.69, 9.17) is 14.2 Å². The topological polar surface area (TPSA) is 145 Å². The van der Waals surface area contributed by atoms with Crippen molar-refractivity contribution in [2.75, 3.05) is 45.1 Å². The Hall–Kier alpha value is -5.85. The lowest BCUT2D eigenvalue weighted by Gasteiger charge is -2.29. The fraction of sp³-hybridized carbons (Fsp3) is 0.359. The smallest absolute Gasteiger partial charge is 0.354 e. The van der Waals surface area contributed by atoms with Crippen LogP contribution in [-0.2, 0) is 28.4 Å². The molecule has 0 aliphatic carbocycles. The minimum Gasteiger partial charge on any atom is -0.493 e. The Bertz CT molecular complexity index is 1860. The maximum absolute atomic E-state index is 12.2. The quantitative estimate of drug-likeness (QED) is 0.0682. The maximum atomic E-state index is 12.2. The van der Waals surface area contributed by atoms with Gasteiger partial charge < -0.3 is 38.9 Å². The van der Waals surface area contributed by atoms with Crippen LogP contribution in [0.4, 0.5) is 17.1 Å². The molecule has 13 nitrogen and oxygen atoms in total. The number of rotatable bonds is 14. The van der Waals surface area contributed by atoms with Gasteiger partial charge in [0.15, 0.2) is 17.8 Å². The predicted octanol–water partition coefficient (Wildman–Crippen LogP) is 6.19. The van der Waals surface area contributed by atoms with E-state index in [-0.39, 0.29) is 24.3 Å². The van der Waals surface area contributed by atoms with Crippen LogP contribution in [0.5, 0.6) is 11.5 Å². The second-order valence-electron chi connectivity index (χ2n) is 12.4. The zero-order chi connectivity index (χ0) is 37.6. The third-order valence-electron chi connectivity index (χ3n) is 8.76. The molecule has 1 unspecified atom stereocenters. The average molecular weight is 713 g/mol. The van der Waals surface area contributed by atoms with Gasteiger partial charge in [0.1, 0.15) is 5.69 Å². The molecule has 0 bridgehead atoms. The van der Waals surface area contributed by atoms with Gasteiger partial charge in [-0.25, -0.2) is 4.79 Å². The molecule has 1 aliphatic rings. The predicted molar refractivity (Wildman–Crippen MR) is 202 cm³/mol. The fourth-order valence-corrected chi connectivity index (χ4v) is 5.76. The zero-order valence-electron chi connectivity index (χ0n) is 30.7. The SMILES string of the molecule is CNc1ccc(-c2cc(C(=O)OC)n(C)c2)cc1.COc1cc(C)c(N=CC2CCCCN2C=O)cc1OCCCC(=O)Nc1cc(C=O)n(C)c1. The summed E-state index contributed by atoms with van der Waals surface area (Å²) in [4.78, 5) is 52.4. The molecular formula is C39H48N6O7. The van der Waals surface area contributed by atoms with Gasteiger partial charge in [-0.3, -0.25) is 19.4 Å². The number of esters is 1. The van der Waals surface area contributed by atoms with Gasteiger partial charge in [-0.15, -0.1) is 0 Å². The van der Waals surface area contributed by atoms with Crippen LogP contribution >= 0.6 is 0 Å². The number of carbonyl (C=O) groups is 4. The number of amides is 2. The van der Waals surface area contributed by atoms with Crippen LogP contribution in [0.25, 0.3) is 11.1 Å². The van der Waals surface area contributed by atoms with Crippen molar-refractivity contribution in [3.05, 3.63) is 77.9 Å². The molecule has 0 spiro atoms. The van der Waals surface area contributed by atoms with Crippen molar-refractivity contribution < 1.29 is 33.4 Å². The molecule has 13 heteroatoms. The van der Waals surface area contributed by atoms with E-state index in [0.29, 0.717) is 41.6 Å². The molecule has 1 saturated heterocycles. The summed E-state index contributed by atoms with van der Waals surface area (Å²) < 4.78 is 19.5. The number of aromatic nitrogens is 2. The first-order valence-corrected chi connectivity index (χ1v) is 17.1. The van der Waals surface area contributed by atoms with Gasteiger partial charge in [0.05, 0.1) is 43.9 Å². The van der Waals surface area contributed by atoms with Crippen molar-refractivity contribution >= 4 is 47.8 Å². The van der Waals surface area contributed by atoms with Crippen molar-refractivity contribution in [2.45, 2.75) is 45.1 Å². The summed E-state index contributed by atoms with van der Waals surface area (Å²) in [7, 11) is 8.42. The Kier molecular flexibility index (Phi) is 14.2. The van der Waals surface area contributed by atoms with Crippen molar-refractivity contribution in [1.29, 1.82) is 0 Å². The fourth-order valence-electron chi connectivity index (χ4n) is 5.76.